The van der Waals surface area contributed by atoms with Crippen molar-refractivity contribution < 1.29 is 14.4 Å². The Balaban J connectivity index is 2.18. The predicted molar refractivity (Wildman–Crippen MR) is 60.6 cm³/mol. The highest BCUT2D eigenvalue weighted by atomic mass is 32.2. The second kappa shape index (κ2) is 4.96. The van der Waals surface area contributed by atoms with Gasteiger partial charge < -0.3 is 9.63 Å². The van der Waals surface area contributed by atoms with Gasteiger partial charge in [-0.3, -0.25) is 9.78 Å². The third kappa shape index (κ3) is 2.82. The molecule has 0 bridgehead atoms. The normalized spacial score (nSPS) is 10.4. The van der Waals surface area contributed by atoms with Crippen LogP contribution in [0.1, 0.15) is 5.56 Å². The van der Waals surface area contributed by atoms with Crippen LogP contribution in [0.15, 0.2) is 28.1 Å². The number of nitrogens with zero attached hydrogens (tertiary/aromatic N) is 3. The lowest BCUT2D eigenvalue weighted by molar-refractivity contribution is -0.133. The van der Waals surface area contributed by atoms with Gasteiger partial charge in [-0.25, -0.2) is 0 Å². The summed E-state index contributed by atoms with van der Waals surface area (Å²) in [6, 6.07) is 3.71. The zero-order valence-corrected chi connectivity index (χ0v) is 9.77. The van der Waals surface area contributed by atoms with Crippen molar-refractivity contribution in [1.82, 2.24) is 15.1 Å². The average Bonchev–Trinajstić information content (AvgIpc) is 2.75. The molecule has 0 aromatic carbocycles. The maximum Gasteiger partial charge on any atom is 0.314 e. The average molecular weight is 251 g/mol. The molecule has 0 amide bonds. The van der Waals surface area contributed by atoms with Crippen LogP contribution in [-0.4, -0.2) is 32.0 Å². The van der Waals surface area contributed by atoms with Crippen molar-refractivity contribution in [3.05, 3.63) is 23.9 Å². The third-order valence-corrected chi connectivity index (χ3v) is 2.75. The van der Waals surface area contributed by atoms with E-state index in [0.29, 0.717) is 11.5 Å². The molecule has 0 radical (unpaired) electrons. The number of rotatable bonds is 4. The largest absolute Gasteiger partial charge is 0.481 e. The minimum atomic E-state index is -0.927. The Morgan fingerprint density at radius 2 is 2.41 bits per heavy atom. The first kappa shape index (κ1) is 11.6. The minimum Gasteiger partial charge on any atom is -0.481 e. The zero-order chi connectivity index (χ0) is 12.3. The topological polar surface area (TPSA) is 89.1 Å². The molecule has 0 spiro atoms. The first-order chi connectivity index (χ1) is 8.16. The number of aromatic nitrogens is 3. The number of carbonyl (C=O) groups is 1. The van der Waals surface area contributed by atoms with Gasteiger partial charge in [0.15, 0.2) is 0 Å². The van der Waals surface area contributed by atoms with E-state index in [1.165, 1.54) is 0 Å². The number of pyridine rings is 1. The SMILES string of the molecule is Cc1cccnc1-c1noc(SCC(=O)O)n1. The van der Waals surface area contributed by atoms with Crippen molar-refractivity contribution in [1.29, 1.82) is 0 Å². The van der Waals surface area contributed by atoms with Crippen molar-refractivity contribution >= 4 is 17.7 Å². The van der Waals surface area contributed by atoms with E-state index in [1.54, 1.807) is 6.20 Å². The van der Waals surface area contributed by atoms with Crippen molar-refractivity contribution in [2.75, 3.05) is 5.75 Å². The molecule has 0 aliphatic rings. The van der Waals surface area contributed by atoms with E-state index in [4.69, 9.17) is 9.63 Å². The Bertz CT molecular complexity index is 541. The third-order valence-electron chi connectivity index (χ3n) is 1.95. The summed E-state index contributed by atoms with van der Waals surface area (Å²) in [5, 5.41) is 12.5. The monoisotopic (exact) mass is 251 g/mol. The molecular formula is C10H9N3O3S. The fraction of sp³-hybridized carbons (Fsp3) is 0.200. The molecule has 0 saturated heterocycles. The molecule has 2 heterocycles. The lowest BCUT2D eigenvalue weighted by Gasteiger charge is -1.96. The Labute approximate surface area is 101 Å². The first-order valence-electron chi connectivity index (χ1n) is 4.77. The van der Waals surface area contributed by atoms with Crippen LogP contribution in [0.25, 0.3) is 11.5 Å². The van der Waals surface area contributed by atoms with Crippen molar-refractivity contribution in [2.45, 2.75) is 12.1 Å². The van der Waals surface area contributed by atoms with Crippen LogP contribution in [-0.2, 0) is 4.79 Å². The number of thioether (sulfide) groups is 1. The van der Waals surface area contributed by atoms with Gasteiger partial charge in [0.05, 0.1) is 0 Å². The van der Waals surface area contributed by atoms with Gasteiger partial charge in [0.2, 0.25) is 5.82 Å². The molecule has 2 rings (SSSR count). The summed E-state index contributed by atoms with van der Waals surface area (Å²) in [6.45, 7) is 1.89. The summed E-state index contributed by atoms with van der Waals surface area (Å²) in [4.78, 5) is 18.6. The van der Waals surface area contributed by atoms with E-state index in [9.17, 15) is 4.79 Å². The fourth-order valence-electron chi connectivity index (χ4n) is 1.21. The van der Waals surface area contributed by atoms with Gasteiger partial charge in [0, 0.05) is 6.20 Å². The van der Waals surface area contributed by atoms with Crippen molar-refractivity contribution in [3.8, 4) is 11.5 Å². The van der Waals surface area contributed by atoms with E-state index >= 15 is 0 Å². The van der Waals surface area contributed by atoms with E-state index in [0.717, 1.165) is 17.3 Å². The van der Waals surface area contributed by atoms with Gasteiger partial charge >= 0.3 is 5.97 Å². The second-order valence-electron chi connectivity index (χ2n) is 3.24. The molecule has 0 saturated carbocycles. The molecule has 1 N–H and O–H groups in total. The van der Waals surface area contributed by atoms with Gasteiger partial charge in [-0.05, 0) is 18.6 Å². The molecule has 17 heavy (non-hydrogen) atoms. The molecule has 0 unspecified atom stereocenters. The lowest BCUT2D eigenvalue weighted by atomic mass is 10.2. The number of hydrogen-bond donors (Lipinski definition) is 1. The number of carboxylic acid groups (broad SMARTS) is 1. The van der Waals surface area contributed by atoms with Crippen LogP contribution in [0.4, 0.5) is 0 Å². The minimum absolute atomic E-state index is 0.108. The number of aliphatic carboxylic acids is 1. The Hall–Kier alpha value is -1.89. The molecular weight excluding hydrogens is 242 g/mol. The quantitative estimate of drug-likeness (QED) is 0.825. The fourth-order valence-corrected chi connectivity index (χ4v) is 1.70. The van der Waals surface area contributed by atoms with Crippen LogP contribution in [0.5, 0.6) is 0 Å². The van der Waals surface area contributed by atoms with Gasteiger partial charge in [-0.15, -0.1) is 0 Å². The highest BCUT2D eigenvalue weighted by Gasteiger charge is 2.12. The highest BCUT2D eigenvalue weighted by Crippen LogP contribution is 2.21. The number of carboxylic acids is 1. The van der Waals surface area contributed by atoms with E-state index in [-0.39, 0.29) is 11.0 Å². The van der Waals surface area contributed by atoms with E-state index in [1.807, 2.05) is 19.1 Å². The standard InChI is InChI=1S/C10H9N3O3S/c1-6-3-2-4-11-8(6)9-12-10(16-13-9)17-5-7(14)15/h2-4H,5H2,1H3,(H,14,15). The molecule has 7 heteroatoms. The molecule has 0 atom stereocenters. The second-order valence-corrected chi connectivity index (χ2v) is 4.16. The Morgan fingerprint density at radius 1 is 1.59 bits per heavy atom. The summed E-state index contributed by atoms with van der Waals surface area (Å²) in [6.07, 6.45) is 1.64. The summed E-state index contributed by atoms with van der Waals surface area (Å²) >= 11 is 0.982. The van der Waals surface area contributed by atoms with Crippen molar-refractivity contribution in [2.24, 2.45) is 0 Å². The Kier molecular flexibility index (Phi) is 3.38. The molecule has 0 aliphatic carbocycles. The van der Waals surface area contributed by atoms with Gasteiger partial charge in [-0.2, -0.15) is 4.98 Å². The van der Waals surface area contributed by atoms with E-state index < -0.39 is 5.97 Å². The molecule has 88 valence electrons. The van der Waals surface area contributed by atoms with Crippen molar-refractivity contribution in [3.63, 3.8) is 0 Å². The Morgan fingerprint density at radius 3 is 3.12 bits per heavy atom. The van der Waals surface area contributed by atoms with Gasteiger partial charge in [-0.1, -0.05) is 23.0 Å². The number of aryl methyl sites for hydroxylation is 1. The van der Waals surface area contributed by atoms with Gasteiger partial charge in [0.1, 0.15) is 11.4 Å². The highest BCUT2D eigenvalue weighted by molar-refractivity contribution is 7.99. The molecule has 6 nitrogen and oxygen atoms in total. The predicted octanol–water partition coefficient (Wildman–Crippen LogP) is 1.62. The summed E-state index contributed by atoms with van der Waals surface area (Å²) in [5.41, 5.74) is 1.57. The van der Waals surface area contributed by atoms with Crippen LogP contribution in [0.2, 0.25) is 0 Å². The van der Waals surface area contributed by atoms with Crippen LogP contribution >= 0.6 is 11.8 Å². The first-order valence-corrected chi connectivity index (χ1v) is 5.75. The van der Waals surface area contributed by atoms with Crippen LogP contribution < -0.4 is 0 Å². The molecule has 0 aliphatic heterocycles. The summed E-state index contributed by atoms with van der Waals surface area (Å²) in [7, 11) is 0. The zero-order valence-electron chi connectivity index (χ0n) is 8.95. The van der Waals surface area contributed by atoms with Gasteiger partial charge in [0.25, 0.3) is 5.22 Å². The van der Waals surface area contributed by atoms with E-state index in [2.05, 4.69) is 15.1 Å². The summed E-state index contributed by atoms with van der Waals surface area (Å²) < 4.78 is 4.92. The lowest BCUT2D eigenvalue weighted by Crippen LogP contribution is -1.97. The summed E-state index contributed by atoms with van der Waals surface area (Å²) in [5.74, 6) is -0.664. The molecule has 0 fully saturated rings. The smallest absolute Gasteiger partial charge is 0.314 e. The molecule has 2 aromatic rings. The van der Waals surface area contributed by atoms with Crippen LogP contribution in [0, 0.1) is 6.92 Å². The van der Waals surface area contributed by atoms with Crippen LogP contribution in [0.3, 0.4) is 0 Å². The maximum absolute atomic E-state index is 10.4. The number of hydrogen-bond acceptors (Lipinski definition) is 6. The molecule has 2 aromatic heterocycles. The maximum atomic E-state index is 10.4.